The molecule has 15 heavy (non-hydrogen) atoms. The Morgan fingerprint density at radius 3 is 2.67 bits per heavy atom. The molecule has 0 saturated heterocycles. The van der Waals surface area contributed by atoms with Crippen LogP contribution in [0.25, 0.3) is 0 Å². The molecule has 0 unspecified atom stereocenters. The SMILES string of the molecule is Cn1ncnc1CSc1ccc(N)cc1. The van der Waals surface area contributed by atoms with E-state index in [2.05, 4.69) is 10.1 Å². The molecule has 0 aliphatic rings. The van der Waals surface area contributed by atoms with Gasteiger partial charge in [-0.1, -0.05) is 0 Å². The summed E-state index contributed by atoms with van der Waals surface area (Å²) in [6.45, 7) is 0. The third kappa shape index (κ3) is 2.50. The van der Waals surface area contributed by atoms with Crippen molar-refractivity contribution in [2.24, 2.45) is 7.05 Å². The summed E-state index contributed by atoms with van der Waals surface area (Å²) >= 11 is 1.72. The van der Waals surface area contributed by atoms with Gasteiger partial charge in [0.2, 0.25) is 0 Å². The summed E-state index contributed by atoms with van der Waals surface area (Å²) in [5.74, 6) is 1.79. The third-order valence-electron chi connectivity index (χ3n) is 2.05. The Labute approximate surface area is 92.5 Å². The molecule has 1 aromatic heterocycles. The average molecular weight is 220 g/mol. The molecule has 0 atom stereocenters. The highest BCUT2D eigenvalue weighted by Crippen LogP contribution is 2.22. The van der Waals surface area contributed by atoms with E-state index in [1.54, 1.807) is 22.8 Å². The van der Waals surface area contributed by atoms with Gasteiger partial charge in [-0.05, 0) is 24.3 Å². The molecule has 0 saturated carbocycles. The second-order valence-electron chi connectivity index (χ2n) is 3.16. The number of thioether (sulfide) groups is 1. The van der Waals surface area contributed by atoms with Gasteiger partial charge in [-0.3, -0.25) is 4.68 Å². The van der Waals surface area contributed by atoms with Crippen LogP contribution < -0.4 is 5.73 Å². The fourth-order valence-corrected chi connectivity index (χ4v) is 2.05. The Bertz CT molecular complexity index is 435. The minimum absolute atomic E-state index is 0.790. The second-order valence-corrected chi connectivity index (χ2v) is 4.21. The molecule has 78 valence electrons. The van der Waals surface area contributed by atoms with Crippen molar-refractivity contribution >= 4 is 17.4 Å². The molecule has 0 radical (unpaired) electrons. The maximum atomic E-state index is 5.61. The maximum absolute atomic E-state index is 5.61. The van der Waals surface area contributed by atoms with Crippen LogP contribution >= 0.6 is 11.8 Å². The van der Waals surface area contributed by atoms with E-state index in [1.807, 2.05) is 31.3 Å². The zero-order valence-electron chi connectivity index (χ0n) is 8.42. The summed E-state index contributed by atoms with van der Waals surface area (Å²) in [4.78, 5) is 5.34. The highest BCUT2D eigenvalue weighted by molar-refractivity contribution is 7.98. The molecule has 5 heteroatoms. The lowest BCUT2D eigenvalue weighted by Gasteiger charge is -2.01. The van der Waals surface area contributed by atoms with Crippen molar-refractivity contribution < 1.29 is 0 Å². The molecule has 0 fully saturated rings. The minimum atomic E-state index is 0.790. The van der Waals surface area contributed by atoms with Gasteiger partial charge in [0, 0.05) is 17.6 Å². The summed E-state index contributed by atoms with van der Waals surface area (Å²) in [5.41, 5.74) is 6.40. The van der Waals surface area contributed by atoms with E-state index in [9.17, 15) is 0 Å². The van der Waals surface area contributed by atoms with Gasteiger partial charge in [-0.2, -0.15) is 5.10 Å². The van der Waals surface area contributed by atoms with Crippen LogP contribution in [-0.2, 0) is 12.8 Å². The first-order chi connectivity index (χ1) is 7.25. The molecule has 4 nitrogen and oxygen atoms in total. The van der Waals surface area contributed by atoms with Crippen LogP contribution in [-0.4, -0.2) is 14.8 Å². The molecule has 2 aromatic rings. The van der Waals surface area contributed by atoms with Crippen LogP contribution in [0.1, 0.15) is 5.82 Å². The molecular formula is C10H12N4S. The fourth-order valence-electron chi connectivity index (χ4n) is 1.16. The monoisotopic (exact) mass is 220 g/mol. The van der Waals surface area contributed by atoms with Crippen molar-refractivity contribution in [3.8, 4) is 0 Å². The molecule has 0 spiro atoms. The Hall–Kier alpha value is -1.49. The number of anilines is 1. The van der Waals surface area contributed by atoms with Crippen molar-refractivity contribution in [1.82, 2.24) is 14.8 Å². The highest BCUT2D eigenvalue weighted by Gasteiger charge is 2.01. The Balaban J connectivity index is 1.99. The lowest BCUT2D eigenvalue weighted by Crippen LogP contribution is -1.97. The lowest BCUT2D eigenvalue weighted by molar-refractivity contribution is 0.730. The van der Waals surface area contributed by atoms with Crippen molar-refractivity contribution in [2.75, 3.05) is 5.73 Å². The van der Waals surface area contributed by atoms with Gasteiger partial charge in [-0.15, -0.1) is 11.8 Å². The minimum Gasteiger partial charge on any atom is -0.399 e. The largest absolute Gasteiger partial charge is 0.399 e. The Kier molecular flexibility index (Phi) is 2.91. The fraction of sp³-hybridized carbons (Fsp3) is 0.200. The number of nitrogens with two attached hydrogens (primary N) is 1. The summed E-state index contributed by atoms with van der Waals surface area (Å²) in [6.07, 6.45) is 1.57. The number of rotatable bonds is 3. The molecule has 0 aliphatic carbocycles. The summed E-state index contributed by atoms with van der Waals surface area (Å²) < 4.78 is 1.78. The number of benzene rings is 1. The standard InChI is InChI=1S/C10H12N4S/c1-14-10(12-7-13-14)6-15-9-4-2-8(11)3-5-9/h2-5,7H,6,11H2,1H3. The van der Waals surface area contributed by atoms with Gasteiger partial charge in [0.25, 0.3) is 0 Å². The van der Waals surface area contributed by atoms with Gasteiger partial charge in [0.15, 0.2) is 0 Å². The predicted molar refractivity (Wildman–Crippen MR) is 61.4 cm³/mol. The molecule has 0 amide bonds. The molecular weight excluding hydrogens is 208 g/mol. The predicted octanol–water partition coefficient (Wildman–Crippen LogP) is 1.69. The van der Waals surface area contributed by atoms with E-state index in [0.29, 0.717) is 0 Å². The summed E-state index contributed by atoms with van der Waals surface area (Å²) in [5, 5.41) is 4.02. The van der Waals surface area contributed by atoms with Crippen LogP contribution in [0.15, 0.2) is 35.5 Å². The van der Waals surface area contributed by atoms with Gasteiger partial charge >= 0.3 is 0 Å². The van der Waals surface area contributed by atoms with E-state index in [0.717, 1.165) is 17.3 Å². The van der Waals surface area contributed by atoms with Crippen molar-refractivity contribution in [2.45, 2.75) is 10.6 Å². The van der Waals surface area contributed by atoms with Gasteiger partial charge in [0.1, 0.15) is 12.2 Å². The van der Waals surface area contributed by atoms with Gasteiger partial charge in [0.05, 0.1) is 5.75 Å². The van der Waals surface area contributed by atoms with E-state index in [-0.39, 0.29) is 0 Å². The van der Waals surface area contributed by atoms with E-state index < -0.39 is 0 Å². The third-order valence-corrected chi connectivity index (χ3v) is 3.06. The summed E-state index contributed by atoms with van der Waals surface area (Å²) in [7, 11) is 1.89. The molecule has 0 bridgehead atoms. The van der Waals surface area contributed by atoms with Crippen molar-refractivity contribution in [3.05, 3.63) is 36.4 Å². The molecule has 2 N–H and O–H groups in total. The zero-order valence-corrected chi connectivity index (χ0v) is 9.24. The van der Waals surface area contributed by atoms with Crippen LogP contribution in [0.3, 0.4) is 0 Å². The normalized spacial score (nSPS) is 10.5. The van der Waals surface area contributed by atoms with E-state index >= 15 is 0 Å². The number of hydrogen-bond acceptors (Lipinski definition) is 4. The van der Waals surface area contributed by atoms with E-state index in [4.69, 9.17) is 5.73 Å². The molecule has 1 heterocycles. The number of nitrogen functional groups attached to an aromatic ring is 1. The van der Waals surface area contributed by atoms with Crippen LogP contribution in [0, 0.1) is 0 Å². The highest BCUT2D eigenvalue weighted by atomic mass is 32.2. The number of nitrogens with zero attached hydrogens (tertiary/aromatic N) is 3. The summed E-state index contributed by atoms with van der Waals surface area (Å²) in [6, 6.07) is 7.82. The number of aryl methyl sites for hydroxylation is 1. The maximum Gasteiger partial charge on any atom is 0.138 e. The molecule has 2 rings (SSSR count). The van der Waals surface area contributed by atoms with Gasteiger partial charge < -0.3 is 5.73 Å². The van der Waals surface area contributed by atoms with Crippen LogP contribution in [0.2, 0.25) is 0 Å². The van der Waals surface area contributed by atoms with Crippen LogP contribution in [0.5, 0.6) is 0 Å². The lowest BCUT2D eigenvalue weighted by atomic mass is 10.3. The van der Waals surface area contributed by atoms with Crippen molar-refractivity contribution in [1.29, 1.82) is 0 Å². The molecule has 1 aromatic carbocycles. The van der Waals surface area contributed by atoms with Gasteiger partial charge in [-0.25, -0.2) is 4.98 Å². The van der Waals surface area contributed by atoms with Crippen LogP contribution in [0.4, 0.5) is 5.69 Å². The topological polar surface area (TPSA) is 56.7 Å². The number of hydrogen-bond donors (Lipinski definition) is 1. The smallest absolute Gasteiger partial charge is 0.138 e. The first kappa shape index (κ1) is 10.0. The second kappa shape index (κ2) is 4.35. The quantitative estimate of drug-likeness (QED) is 0.631. The Morgan fingerprint density at radius 2 is 2.07 bits per heavy atom. The number of aromatic nitrogens is 3. The average Bonchev–Trinajstić information content (AvgIpc) is 2.63. The first-order valence-corrected chi connectivity index (χ1v) is 5.55. The first-order valence-electron chi connectivity index (χ1n) is 4.57. The van der Waals surface area contributed by atoms with E-state index in [1.165, 1.54) is 4.90 Å². The zero-order chi connectivity index (χ0) is 10.7. The van der Waals surface area contributed by atoms with Crippen molar-refractivity contribution in [3.63, 3.8) is 0 Å². The molecule has 0 aliphatic heterocycles. The Morgan fingerprint density at radius 1 is 1.33 bits per heavy atom.